The number of amides is 1. The molecule has 0 radical (unpaired) electrons. The molecule has 2 saturated heterocycles. The molecule has 1 amide bonds. The molecule has 12 unspecified atom stereocenters. The van der Waals surface area contributed by atoms with Crippen molar-refractivity contribution in [3.05, 3.63) is 24.3 Å². The van der Waals surface area contributed by atoms with Gasteiger partial charge in [0.1, 0.15) is 18.2 Å². The van der Waals surface area contributed by atoms with E-state index >= 15 is 0 Å². The van der Waals surface area contributed by atoms with Crippen LogP contribution in [0.3, 0.4) is 0 Å². The fraction of sp³-hybridized carbons (Fsp3) is 0.784. The van der Waals surface area contributed by atoms with Crippen LogP contribution in [-0.4, -0.2) is 97.7 Å². The monoisotopic (exact) mass is 675 g/mol. The Labute approximate surface area is 284 Å². The van der Waals surface area contributed by atoms with Gasteiger partial charge in [-0.15, -0.1) is 0 Å². The van der Waals surface area contributed by atoms with Crippen molar-refractivity contribution in [3.63, 3.8) is 0 Å². The summed E-state index contributed by atoms with van der Waals surface area (Å²) in [5, 5.41) is 42.6. The van der Waals surface area contributed by atoms with E-state index in [2.05, 4.69) is 19.1 Å². The lowest BCUT2D eigenvalue weighted by atomic mass is 9.76. The molecule has 270 valence electrons. The van der Waals surface area contributed by atoms with E-state index < -0.39 is 71.8 Å². The van der Waals surface area contributed by atoms with Crippen molar-refractivity contribution in [1.29, 1.82) is 0 Å². The molecule has 48 heavy (non-hydrogen) atoms. The number of piperidine rings is 1. The van der Waals surface area contributed by atoms with Gasteiger partial charge in [0, 0.05) is 18.4 Å². The quantitative estimate of drug-likeness (QED) is 0.198. The first-order valence-corrected chi connectivity index (χ1v) is 18.1. The lowest BCUT2D eigenvalue weighted by Crippen LogP contribution is -2.61. The highest BCUT2D eigenvalue weighted by molar-refractivity contribution is 6.39. The molecule has 1 aliphatic carbocycles. The summed E-state index contributed by atoms with van der Waals surface area (Å²) >= 11 is 0. The zero-order chi connectivity index (χ0) is 35.2. The molecule has 0 aromatic carbocycles. The van der Waals surface area contributed by atoms with Crippen LogP contribution in [0.15, 0.2) is 24.3 Å². The van der Waals surface area contributed by atoms with E-state index in [1.165, 1.54) is 11.0 Å². The van der Waals surface area contributed by atoms with Crippen LogP contribution in [0.2, 0.25) is 0 Å². The van der Waals surface area contributed by atoms with Crippen molar-refractivity contribution < 1.29 is 49.1 Å². The molecule has 1 saturated carbocycles. The minimum atomic E-state index is -2.43. The Hall–Kier alpha value is -2.44. The smallest absolute Gasteiger partial charge is 0.329 e. The number of allylic oxidation sites excluding steroid dienone is 4. The van der Waals surface area contributed by atoms with Crippen LogP contribution in [0.5, 0.6) is 0 Å². The number of carbonyl (C=O) groups is 4. The number of hydrogen-bond donors (Lipinski definition) is 4. The van der Waals surface area contributed by atoms with Gasteiger partial charge in [-0.2, -0.15) is 0 Å². The van der Waals surface area contributed by atoms with Gasteiger partial charge in [0.25, 0.3) is 11.7 Å². The third kappa shape index (κ3) is 9.01. The number of fused-ring (bicyclic) bond motifs is 3. The highest BCUT2D eigenvalue weighted by Crippen LogP contribution is 2.38. The maximum atomic E-state index is 13.9. The maximum Gasteiger partial charge on any atom is 0.329 e. The van der Waals surface area contributed by atoms with Gasteiger partial charge in [-0.05, 0) is 101 Å². The lowest BCUT2D eigenvalue weighted by molar-refractivity contribution is -0.268. The van der Waals surface area contributed by atoms with Gasteiger partial charge >= 0.3 is 5.97 Å². The van der Waals surface area contributed by atoms with Crippen LogP contribution in [0, 0.1) is 29.6 Å². The van der Waals surface area contributed by atoms with Gasteiger partial charge in [0.2, 0.25) is 5.79 Å². The van der Waals surface area contributed by atoms with Crippen molar-refractivity contribution in [2.75, 3.05) is 6.54 Å². The molecule has 0 spiro atoms. The average Bonchev–Trinajstić information content (AvgIpc) is 3.07. The van der Waals surface area contributed by atoms with Crippen LogP contribution in [0.4, 0.5) is 0 Å². The summed E-state index contributed by atoms with van der Waals surface area (Å²) in [6.45, 7) is 7.51. The number of ketones is 2. The number of rotatable bonds is 3. The van der Waals surface area contributed by atoms with E-state index in [9.17, 15) is 39.6 Å². The van der Waals surface area contributed by atoms with E-state index in [0.717, 1.165) is 6.42 Å². The van der Waals surface area contributed by atoms with Gasteiger partial charge in [-0.25, -0.2) is 4.79 Å². The van der Waals surface area contributed by atoms with Crippen molar-refractivity contribution in [2.45, 2.75) is 147 Å². The summed E-state index contributed by atoms with van der Waals surface area (Å²) in [4.78, 5) is 55.7. The number of esters is 1. The minimum Gasteiger partial charge on any atom is -0.461 e. The summed E-state index contributed by atoms with van der Waals surface area (Å²) < 4.78 is 12.1. The first-order valence-electron chi connectivity index (χ1n) is 18.1. The number of ether oxygens (including phenoxy) is 2. The Morgan fingerprint density at radius 2 is 1.62 bits per heavy atom. The summed E-state index contributed by atoms with van der Waals surface area (Å²) in [5.74, 6) is -7.02. The molecule has 11 heteroatoms. The number of cyclic esters (lactones) is 1. The van der Waals surface area contributed by atoms with E-state index in [1.807, 2.05) is 13.0 Å². The Morgan fingerprint density at radius 3 is 2.38 bits per heavy atom. The predicted molar refractivity (Wildman–Crippen MR) is 177 cm³/mol. The van der Waals surface area contributed by atoms with Gasteiger partial charge in [-0.3, -0.25) is 14.4 Å². The largest absolute Gasteiger partial charge is 0.461 e. The zero-order valence-corrected chi connectivity index (χ0v) is 29.0. The number of aliphatic hydroxyl groups excluding tert-OH is 3. The molecule has 11 nitrogen and oxygen atoms in total. The molecule has 4 rings (SSSR count). The van der Waals surface area contributed by atoms with Crippen molar-refractivity contribution in [2.24, 2.45) is 29.6 Å². The topological polar surface area (TPSA) is 171 Å². The van der Waals surface area contributed by atoms with Crippen molar-refractivity contribution in [1.82, 2.24) is 4.90 Å². The molecule has 4 aliphatic rings. The SMILES string of the molecule is CC1C=CCCC=CC(=O)C(C)C2CCC(C)C(O)(O2)C(=O)C(=O)N2CCCCC2C(=O)OC(C(C)CC2CCC(O)C(O)C2O)CC1. The predicted octanol–water partition coefficient (Wildman–Crippen LogP) is 3.40. The molecule has 2 bridgehead atoms. The van der Waals surface area contributed by atoms with Crippen molar-refractivity contribution in [3.8, 4) is 0 Å². The van der Waals surface area contributed by atoms with Gasteiger partial charge in [0.15, 0.2) is 5.78 Å². The molecular weight excluding hydrogens is 618 g/mol. The second kappa shape index (κ2) is 17.0. The molecule has 3 heterocycles. The molecule has 4 N–H and O–H groups in total. The number of nitrogens with zero attached hydrogens (tertiary/aromatic N) is 1. The first kappa shape index (κ1) is 38.4. The Balaban J connectivity index is 1.60. The molecule has 3 fully saturated rings. The number of carbonyl (C=O) groups excluding carboxylic acids is 4. The van der Waals surface area contributed by atoms with E-state index in [0.29, 0.717) is 70.6 Å². The molecule has 3 aliphatic heterocycles. The van der Waals surface area contributed by atoms with E-state index in [4.69, 9.17) is 9.47 Å². The number of hydrogen-bond acceptors (Lipinski definition) is 10. The summed E-state index contributed by atoms with van der Waals surface area (Å²) in [5.41, 5.74) is 0. The molecule has 0 aromatic rings. The van der Waals surface area contributed by atoms with Crippen LogP contribution in [0.25, 0.3) is 0 Å². The summed E-state index contributed by atoms with van der Waals surface area (Å²) in [6, 6.07) is -1.02. The van der Waals surface area contributed by atoms with Gasteiger partial charge in [0.05, 0.1) is 18.3 Å². The Morgan fingerprint density at radius 1 is 0.896 bits per heavy atom. The summed E-state index contributed by atoms with van der Waals surface area (Å²) in [6.07, 6.45) is 9.22. The number of aliphatic hydroxyl groups is 4. The van der Waals surface area contributed by atoms with Crippen LogP contribution in [-0.2, 0) is 28.7 Å². The van der Waals surface area contributed by atoms with E-state index in [-0.39, 0.29) is 30.1 Å². The van der Waals surface area contributed by atoms with E-state index in [1.54, 1.807) is 13.8 Å². The van der Waals surface area contributed by atoms with Gasteiger partial charge in [-0.1, -0.05) is 45.9 Å². The molecular formula is C37H57NO10. The second-order valence-electron chi connectivity index (χ2n) is 14.9. The van der Waals surface area contributed by atoms with Crippen LogP contribution >= 0.6 is 0 Å². The summed E-state index contributed by atoms with van der Waals surface area (Å²) in [7, 11) is 0. The highest BCUT2D eigenvalue weighted by Gasteiger charge is 2.53. The lowest BCUT2D eigenvalue weighted by Gasteiger charge is -2.43. The minimum absolute atomic E-state index is 0.147. The first-order chi connectivity index (χ1) is 22.7. The highest BCUT2D eigenvalue weighted by atomic mass is 16.6. The van der Waals surface area contributed by atoms with Crippen LogP contribution in [0.1, 0.15) is 105 Å². The average molecular weight is 676 g/mol. The number of Topliss-reactive ketones (excluding diaryl/α,β-unsaturated/α-hetero) is 1. The normalized spacial score (nSPS) is 40.5. The standard InChI is InChI=1S/C37H57NO10/c1-22-11-7-5-6-8-13-28(39)25(4)31-19-15-24(3)37(46,48-31)34(43)35(44)38-20-10-9-12-27(38)36(45)47-30(18-14-22)23(2)21-26-16-17-29(40)33(42)32(26)41/h7-8,11,13,22-27,29-33,40-42,46H,5-6,9-10,12,14-21H2,1-4H3. The van der Waals surface area contributed by atoms with Crippen molar-refractivity contribution >= 4 is 23.4 Å². The second-order valence-corrected chi connectivity index (χ2v) is 14.9. The molecule has 0 aromatic heterocycles. The zero-order valence-electron chi connectivity index (χ0n) is 29.0. The Bertz CT molecular complexity index is 1200. The fourth-order valence-corrected chi connectivity index (χ4v) is 7.73. The molecule has 12 atom stereocenters. The third-order valence-electron chi connectivity index (χ3n) is 11.2. The maximum absolute atomic E-state index is 13.9. The van der Waals surface area contributed by atoms with Crippen LogP contribution < -0.4 is 0 Å². The van der Waals surface area contributed by atoms with Gasteiger partial charge < -0.3 is 34.8 Å². The Kier molecular flexibility index (Phi) is 13.6. The third-order valence-corrected chi connectivity index (χ3v) is 11.2. The fourth-order valence-electron chi connectivity index (χ4n) is 7.73.